The van der Waals surface area contributed by atoms with Crippen molar-refractivity contribution in [2.45, 2.75) is 49.1 Å². The summed E-state index contributed by atoms with van der Waals surface area (Å²) in [7, 11) is 0. The Hall–Kier alpha value is -2.98. The number of hydrogen-bond acceptors (Lipinski definition) is 9. The first-order valence-corrected chi connectivity index (χ1v) is 14.0. The first kappa shape index (κ1) is 22.5. The minimum Gasteiger partial charge on any atom is -0.359 e. The van der Waals surface area contributed by atoms with Crippen LogP contribution >= 0.6 is 23.1 Å². The summed E-state index contributed by atoms with van der Waals surface area (Å²) in [6.45, 7) is 1.38. The van der Waals surface area contributed by atoms with E-state index in [1.807, 2.05) is 48.0 Å². The van der Waals surface area contributed by atoms with Crippen LogP contribution in [0.3, 0.4) is 0 Å². The normalized spacial score (nSPS) is 21.6. The molecule has 10 heteroatoms. The number of thioether (sulfide) groups is 1. The van der Waals surface area contributed by atoms with Crippen LogP contribution in [0.2, 0.25) is 0 Å². The highest BCUT2D eigenvalue weighted by Crippen LogP contribution is 2.32. The van der Waals surface area contributed by atoms with Crippen LogP contribution in [0.5, 0.6) is 0 Å². The van der Waals surface area contributed by atoms with Crippen molar-refractivity contribution < 1.29 is 4.79 Å². The van der Waals surface area contributed by atoms with Crippen LogP contribution in [-0.4, -0.2) is 63.4 Å². The summed E-state index contributed by atoms with van der Waals surface area (Å²) in [5.41, 5.74) is 4.10. The molecule has 8 nitrogen and oxygen atoms in total. The summed E-state index contributed by atoms with van der Waals surface area (Å²) in [4.78, 5) is 34.2. The molecule has 0 saturated heterocycles. The van der Waals surface area contributed by atoms with E-state index in [2.05, 4.69) is 25.6 Å². The molecular weight excluding hydrogens is 478 g/mol. The number of benzene rings is 1. The summed E-state index contributed by atoms with van der Waals surface area (Å²) < 4.78 is 1.03. The van der Waals surface area contributed by atoms with Crippen LogP contribution < -0.4 is 10.6 Å². The van der Waals surface area contributed by atoms with Crippen LogP contribution in [0, 0.1) is 0 Å². The van der Waals surface area contributed by atoms with E-state index >= 15 is 0 Å². The van der Waals surface area contributed by atoms with E-state index in [9.17, 15) is 4.79 Å². The SMILES string of the molecule is CSc1cnc(N[C@H]2CC[C@H](Nc3nc4ccc(C(=O)N5CCC6=C(C5)N=CC6)cc4s3)C2)nc1. The van der Waals surface area contributed by atoms with Gasteiger partial charge in [0.15, 0.2) is 5.13 Å². The molecule has 1 fully saturated rings. The molecule has 3 aromatic rings. The van der Waals surface area contributed by atoms with Crippen molar-refractivity contribution in [2.75, 3.05) is 30.0 Å². The van der Waals surface area contributed by atoms with Gasteiger partial charge in [0.05, 0.1) is 22.5 Å². The highest BCUT2D eigenvalue weighted by atomic mass is 32.2. The number of hydrogen-bond donors (Lipinski definition) is 2. The smallest absolute Gasteiger partial charge is 0.254 e. The first-order chi connectivity index (χ1) is 17.1. The monoisotopic (exact) mass is 505 g/mol. The van der Waals surface area contributed by atoms with Gasteiger partial charge in [0, 0.05) is 54.1 Å². The Morgan fingerprint density at radius 3 is 2.83 bits per heavy atom. The fraction of sp³-hybridized carbons (Fsp3) is 0.400. The number of fused-ring (bicyclic) bond motifs is 1. The largest absolute Gasteiger partial charge is 0.359 e. The van der Waals surface area contributed by atoms with E-state index in [-0.39, 0.29) is 5.91 Å². The fourth-order valence-corrected chi connectivity index (χ4v) is 6.27. The molecule has 1 amide bonds. The van der Waals surface area contributed by atoms with Crippen molar-refractivity contribution in [2.24, 2.45) is 4.99 Å². The van der Waals surface area contributed by atoms with Crippen molar-refractivity contribution in [3.8, 4) is 0 Å². The quantitative estimate of drug-likeness (QED) is 0.464. The molecule has 2 aromatic heterocycles. The molecule has 2 aliphatic heterocycles. The first-order valence-electron chi connectivity index (χ1n) is 12.0. The van der Waals surface area contributed by atoms with Crippen molar-refractivity contribution >= 4 is 56.5 Å². The van der Waals surface area contributed by atoms with Gasteiger partial charge in [-0.25, -0.2) is 15.0 Å². The second-order valence-corrected chi connectivity index (χ2v) is 11.1. The van der Waals surface area contributed by atoms with Gasteiger partial charge >= 0.3 is 0 Å². The van der Waals surface area contributed by atoms with Crippen LogP contribution in [0.4, 0.5) is 11.1 Å². The number of thiazole rings is 1. The number of aliphatic imine (C=N–C) groups is 1. The average Bonchev–Trinajstić information content (AvgIpc) is 3.62. The number of aromatic nitrogens is 3. The van der Waals surface area contributed by atoms with Gasteiger partial charge in [-0.05, 0) is 55.7 Å². The van der Waals surface area contributed by atoms with Gasteiger partial charge in [-0.2, -0.15) is 0 Å². The maximum Gasteiger partial charge on any atom is 0.254 e. The van der Waals surface area contributed by atoms with Crippen LogP contribution in [0.1, 0.15) is 42.5 Å². The Bertz CT molecular complexity index is 1320. The molecule has 35 heavy (non-hydrogen) atoms. The van der Waals surface area contributed by atoms with Gasteiger partial charge in [-0.15, -0.1) is 11.8 Å². The number of anilines is 2. The highest BCUT2D eigenvalue weighted by molar-refractivity contribution is 7.98. The maximum atomic E-state index is 13.1. The molecule has 6 rings (SSSR count). The van der Waals surface area contributed by atoms with Gasteiger partial charge in [-0.1, -0.05) is 11.3 Å². The van der Waals surface area contributed by atoms with Gasteiger partial charge in [0.25, 0.3) is 5.91 Å². The average molecular weight is 506 g/mol. The third-order valence-corrected chi connectivity index (χ3v) is 8.53. The maximum absolute atomic E-state index is 13.1. The molecule has 4 heterocycles. The molecule has 1 aromatic carbocycles. The summed E-state index contributed by atoms with van der Waals surface area (Å²) in [5, 5.41) is 7.97. The van der Waals surface area contributed by atoms with Crippen molar-refractivity contribution in [3.63, 3.8) is 0 Å². The summed E-state index contributed by atoms with van der Waals surface area (Å²) in [5.74, 6) is 0.757. The molecule has 2 N–H and O–H groups in total. The molecule has 3 aliphatic rings. The standard InChI is InChI=1S/C25H27N7OS2/c1-34-19-12-27-24(28-13-19)29-17-3-4-18(11-17)30-25-31-20-5-2-16(10-22(20)35-25)23(33)32-9-7-15-6-8-26-21(15)14-32/h2,5,8,10,12-13,17-18H,3-4,6-7,9,11,14H2,1H3,(H,30,31)(H,27,28,29)/t17-,18-/m0/s1. The minimum absolute atomic E-state index is 0.0703. The van der Waals surface area contributed by atoms with E-state index in [1.54, 1.807) is 23.1 Å². The molecule has 0 radical (unpaired) electrons. The van der Waals surface area contributed by atoms with Crippen molar-refractivity contribution in [1.82, 2.24) is 19.9 Å². The molecule has 0 bridgehead atoms. The van der Waals surface area contributed by atoms with Crippen LogP contribution in [0.15, 0.2) is 51.8 Å². The third-order valence-electron chi connectivity index (χ3n) is 6.90. The number of carbonyl (C=O) groups excluding carboxylic acids is 1. The number of amides is 1. The molecule has 0 unspecified atom stereocenters. The zero-order chi connectivity index (χ0) is 23.8. The van der Waals surface area contributed by atoms with Gasteiger partial charge < -0.3 is 15.5 Å². The van der Waals surface area contributed by atoms with E-state index in [0.717, 1.165) is 70.2 Å². The molecular formula is C25H27N7OS2. The lowest BCUT2D eigenvalue weighted by atomic mass is 10.0. The Labute approximate surface area is 212 Å². The molecule has 0 spiro atoms. The van der Waals surface area contributed by atoms with E-state index in [4.69, 9.17) is 4.98 Å². The van der Waals surface area contributed by atoms with E-state index < -0.39 is 0 Å². The van der Waals surface area contributed by atoms with E-state index in [0.29, 0.717) is 24.6 Å². The Morgan fingerprint density at radius 1 is 1.17 bits per heavy atom. The second kappa shape index (κ2) is 9.58. The number of rotatable bonds is 6. The highest BCUT2D eigenvalue weighted by Gasteiger charge is 2.27. The molecule has 1 saturated carbocycles. The lowest BCUT2D eigenvalue weighted by molar-refractivity contribution is 0.0763. The number of carbonyl (C=O) groups is 1. The lowest BCUT2D eigenvalue weighted by Gasteiger charge is -2.27. The van der Waals surface area contributed by atoms with Crippen molar-refractivity contribution in [1.29, 1.82) is 0 Å². The number of nitrogens with one attached hydrogen (secondary N) is 2. The predicted molar refractivity (Wildman–Crippen MR) is 143 cm³/mol. The zero-order valence-corrected chi connectivity index (χ0v) is 21.2. The Morgan fingerprint density at radius 2 is 2.00 bits per heavy atom. The van der Waals surface area contributed by atoms with Crippen molar-refractivity contribution in [3.05, 3.63) is 47.4 Å². The molecule has 2 atom stereocenters. The summed E-state index contributed by atoms with van der Waals surface area (Å²) >= 11 is 3.25. The fourth-order valence-electron chi connectivity index (χ4n) is 4.98. The van der Waals surface area contributed by atoms with Crippen LogP contribution in [-0.2, 0) is 0 Å². The van der Waals surface area contributed by atoms with E-state index in [1.165, 1.54) is 5.57 Å². The second-order valence-electron chi connectivity index (χ2n) is 9.19. The Kier molecular flexibility index (Phi) is 6.15. The Balaban J connectivity index is 1.08. The molecule has 180 valence electrons. The van der Waals surface area contributed by atoms with Crippen LogP contribution in [0.25, 0.3) is 10.2 Å². The summed E-state index contributed by atoms with van der Waals surface area (Å²) in [6.07, 6.45) is 12.7. The van der Waals surface area contributed by atoms with Gasteiger partial charge in [0.2, 0.25) is 5.95 Å². The topological polar surface area (TPSA) is 95.4 Å². The predicted octanol–water partition coefficient (Wildman–Crippen LogP) is 4.83. The van der Waals surface area contributed by atoms with Gasteiger partial charge in [0.1, 0.15) is 0 Å². The zero-order valence-electron chi connectivity index (χ0n) is 19.5. The minimum atomic E-state index is 0.0703. The van der Waals surface area contributed by atoms with Gasteiger partial charge in [-0.3, -0.25) is 9.79 Å². The lowest BCUT2D eigenvalue weighted by Crippen LogP contribution is -2.36. The number of nitrogens with zero attached hydrogens (tertiary/aromatic N) is 5. The molecule has 1 aliphatic carbocycles. The third kappa shape index (κ3) is 4.77. The summed E-state index contributed by atoms with van der Waals surface area (Å²) in [6, 6.07) is 6.53.